The highest BCUT2D eigenvalue weighted by atomic mass is 32.1. The van der Waals surface area contributed by atoms with E-state index in [1.54, 1.807) is 19.9 Å². The van der Waals surface area contributed by atoms with Crippen molar-refractivity contribution in [2.45, 2.75) is 27.2 Å². The van der Waals surface area contributed by atoms with Gasteiger partial charge in [-0.25, -0.2) is 0 Å². The maximum absolute atomic E-state index is 11.5. The number of esters is 1. The quantitative estimate of drug-likeness (QED) is 0.468. The molecule has 0 aliphatic rings. The van der Waals surface area contributed by atoms with Crippen LogP contribution in [0.3, 0.4) is 0 Å². The molecule has 0 aromatic carbocycles. The van der Waals surface area contributed by atoms with E-state index in [2.05, 4.69) is 5.10 Å². The van der Waals surface area contributed by atoms with Gasteiger partial charge in [-0.15, -0.1) is 11.3 Å². The topological polar surface area (TPSA) is 59.0 Å². The zero-order chi connectivity index (χ0) is 13.5. The normalized spacial score (nSPS) is 11.2. The molecule has 18 heavy (non-hydrogen) atoms. The molecule has 98 valence electrons. The second kappa shape index (κ2) is 6.90. The van der Waals surface area contributed by atoms with Gasteiger partial charge >= 0.3 is 5.97 Å². The van der Waals surface area contributed by atoms with Crippen LogP contribution in [0.25, 0.3) is 0 Å². The van der Waals surface area contributed by atoms with Crippen molar-refractivity contribution >= 4 is 33.9 Å². The number of nitrogens with zero attached hydrogens (tertiary/aromatic N) is 2. The van der Waals surface area contributed by atoms with Gasteiger partial charge < -0.3 is 4.74 Å². The Kier molecular flexibility index (Phi) is 5.51. The summed E-state index contributed by atoms with van der Waals surface area (Å²) in [7, 11) is 0. The van der Waals surface area contributed by atoms with E-state index < -0.39 is 0 Å². The van der Waals surface area contributed by atoms with Crippen LogP contribution >= 0.6 is 11.3 Å². The largest absolute Gasteiger partial charge is 0.466 e. The van der Waals surface area contributed by atoms with Gasteiger partial charge in [0.25, 0.3) is 0 Å². The Labute approximate surface area is 110 Å². The Hall–Kier alpha value is -1.69. The van der Waals surface area contributed by atoms with Crippen LogP contribution in [0.4, 0.5) is 5.00 Å². The summed E-state index contributed by atoms with van der Waals surface area (Å²) in [6, 6.07) is 3.64. The van der Waals surface area contributed by atoms with Crippen molar-refractivity contribution in [3.8, 4) is 0 Å². The number of anilines is 1. The third-order valence-electron chi connectivity index (χ3n) is 1.99. The van der Waals surface area contributed by atoms with Gasteiger partial charge in [0.2, 0.25) is 5.91 Å². The molecule has 0 radical (unpaired) electrons. The first-order chi connectivity index (χ1) is 8.54. The van der Waals surface area contributed by atoms with Crippen molar-refractivity contribution in [3.63, 3.8) is 0 Å². The molecule has 0 N–H and O–H groups in total. The first-order valence-electron chi connectivity index (χ1n) is 5.58. The molecule has 0 fully saturated rings. The number of rotatable bonds is 5. The number of hydrogen-bond acceptors (Lipinski definition) is 5. The number of carbonyl (C=O) groups excluding carboxylic acids is 2. The van der Waals surface area contributed by atoms with Crippen molar-refractivity contribution in [2.75, 3.05) is 11.6 Å². The molecule has 1 amide bonds. The number of hydrazone groups is 1. The smallest absolute Gasteiger partial charge is 0.311 e. The van der Waals surface area contributed by atoms with Gasteiger partial charge in [-0.05, 0) is 31.4 Å². The standard InChI is InChI=1S/C12H16N2O3S/c1-4-17-12(16)8-9(2)13-14(10(3)15)11-6-5-7-18-11/h5-7H,4,8H2,1-3H3/b13-9-. The Morgan fingerprint density at radius 2 is 2.17 bits per heavy atom. The fraction of sp³-hybridized carbons (Fsp3) is 0.417. The number of amides is 1. The summed E-state index contributed by atoms with van der Waals surface area (Å²) in [6.07, 6.45) is 0.0863. The molecule has 0 unspecified atom stereocenters. The Bertz CT molecular complexity index is 440. The van der Waals surface area contributed by atoms with Gasteiger partial charge in [0.1, 0.15) is 5.00 Å². The van der Waals surface area contributed by atoms with E-state index in [4.69, 9.17) is 4.74 Å². The molecular formula is C12H16N2O3S. The number of hydrogen-bond donors (Lipinski definition) is 0. The van der Waals surface area contributed by atoms with Crippen molar-refractivity contribution in [3.05, 3.63) is 17.5 Å². The van der Waals surface area contributed by atoms with E-state index in [0.717, 1.165) is 5.00 Å². The highest BCUT2D eigenvalue weighted by Gasteiger charge is 2.13. The van der Waals surface area contributed by atoms with Gasteiger partial charge in [0.15, 0.2) is 0 Å². The summed E-state index contributed by atoms with van der Waals surface area (Å²) in [6.45, 7) is 5.21. The minimum atomic E-state index is -0.339. The van der Waals surface area contributed by atoms with Gasteiger partial charge in [-0.1, -0.05) is 0 Å². The van der Waals surface area contributed by atoms with Gasteiger partial charge in [0, 0.05) is 12.6 Å². The summed E-state index contributed by atoms with van der Waals surface area (Å²) < 4.78 is 4.82. The van der Waals surface area contributed by atoms with Crippen molar-refractivity contribution in [2.24, 2.45) is 5.10 Å². The molecule has 0 saturated carbocycles. The minimum Gasteiger partial charge on any atom is -0.466 e. The lowest BCUT2D eigenvalue weighted by Crippen LogP contribution is -2.23. The summed E-state index contributed by atoms with van der Waals surface area (Å²) >= 11 is 1.41. The molecule has 1 heterocycles. The second-order valence-corrected chi connectivity index (χ2v) is 4.53. The fourth-order valence-electron chi connectivity index (χ4n) is 1.29. The maximum Gasteiger partial charge on any atom is 0.311 e. The van der Waals surface area contributed by atoms with E-state index in [-0.39, 0.29) is 18.3 Å². The van der Waals surface area contributed by atoms with E-state index in [0.29, 0.717) is 12.3 Å². The minimum absolute atomic E-state index is 0.0863. The lowest BCUT2D eigenvalue weighted by Gasteiger charge is -2.13. The predicted molar refractivity (Wildman–Crippen MR) is 71.8 cm³/mol. The van der Waals surface area contributed by atoms with Gasteiger partial charge in [-0.3, -0.25) is 9.59 Å². The van der Waals surface area contributed by atoms with Crippen LogP contribution in [0.15, 0.2) is 22.6 Å². The fourth-order valence-corrected chi connectivity index (χ4v) is 2.02. The Balaban J connectivity index is 2.77. The van der Waals surface area contributed by atoms with E-state index in [9.17, 15) is 9.59 Å². The van der Waals surface area contributed by atoms with Crippen LogP contribution in [0.5, 0.6) is 0 Å². The van der Waals surface area contributed by atoms with Crippen molar-refractivity contribution in [1.82, 2.24) is 0 Å². The predicted octanol–water partition coefficient (Wildman–Crippen LogP) is 2.43. The molecule has 0 aliphatic heterocycles. The van der Waals surface area contributed by atoms with Gasteiger partial charge in [0.05, 0.1) is 13.0 Å². The van der Waals surface area contributed by atoms with E-state index in [1.165, 1.54) is 23.3 Å². The van der Waals surface area contributed by atoms with Gasteiger partial charge in [-0.2, -0.15) is 10.1 Å². The molecule has 6 heteroatoms. The first-order valence-corrected chi connectivity index (χ1v) is 6.46. The molecule has 1 aromatic rings. The number of ether oxygens (including phenoxy) is 1. The zero-order valence-electron chi connectivity index (χ0n) is 10.7. The Morgan fingerprint density at radius 3 is 2.67 bits per heavy atom. The molecule has 1 aromatic heterocycles. The summed E-state index contributed by atoms with van der Waals surface area (Å²) in [4.78, 5) is 22.8. The zero-order valence-corrected chi connectivity index (χ0v) is 11.5. The van der Waals surface area contributed by atoms with Crippen molar-refractivity contribution < 1.29 is 14.3 Å². The number of carbonyl (C=O) groups is 2. The molecule has 0 spiro atoms. The average Bonchev–Trinajstić information content (AvgIpc) is 2.78. The lowest BCUT2D eigenvalue weighted by molar-refractivity contribution is -0.141. The molecule has 0 saturated heterocycles. The third-order valence-corrected chi connectivity index (χ3v) is 2.83. The van der Waals surface area contributed by atoms with E-state index >= 15 is 0 Å². The maximum atomic E-state index is 11.5. The molecule has 5 nitrogen and oxygen atoms in total. The SMILES string of the molecule is CCOC(=O)C/C(C)=N\N(C(C)=O)c1cccs1. The van der Waals surface area contributed by atoms with Crippen LogP contribution in [0.1, 0.15) is 27.2 Å². The molecule has 1 rings (SSSR count). The van der Waals surface area contributed by atoms with Crippen LogP contribution in [0.2, 0.25) is 0 Å². The summed E-state index contributed by atoms with van der Waals surface area (Å²) in [5, 5.41) is 8.03. The average molecular weight is 268 g/mol. The first kappa shape index (κ1) is 14.4. The second-order valence-electron chi connectivity index (χ2n) is 3.60. The van der Waals surface area contributed by atoms with Crippen LogP contribution in [0, 0.1) is 0 Å². The number of thiophene rings is 1. The summed E-state index contributed by atoms with van der Waals surface area (Å²) in [5.74, 6) is -0.533. The van der Waals surface area contributed by atoms with Crippen LogP contribution in [-0.2, 0) is 14.3 Å². The lowest BCUT2D eigenvalue weighted by atomic mass is 10.3. The molecular weight excluding hydrogens is 252 g/mol. The van der Waals surface area contributed by atoms with Crippen LogP contribution < -0.4 is 5.01 Å². The molecule has 0 atom stereocenters. The highest BCUT2D eigenvalue weighted by molar-refractivity contribution is 7.14. The highest BCUT2D eigenvalue weighted by Crippen LogP contribution is 2.21. The van der Waals surface area contributed by atoms with Crippen LogP contribution in [-0.4, -0.2) is 24.2 Å². The molecule has 0 bridgehead atoms. The third kappa shape index (κ3) is 4.29. The summed E-state index contributed by atoms with van der Waals surface area (Å²) in [5.41, 5.74) is 0.539. The Morgan fingerprint density at radius 1 is 1.44 bits per heavy atom. The van der Waals surface area contributed by atoms with E-state index in [1.807, 2.05) is 11.4 Å². The van der Waals surface area contributed by atoms with Crippen molar-refractivity contribution in [1.29, 1.82) is 0 Å². The molecule has 0 aliphatic carbocycles. The monoisotopic (exact) mass is 268 g/mol.